The predicted octanol–water partition coefficient (Wildman–Crippen LogP) is 4.30. The molecule has 0 atom stereocenters. The van der Waals surface area contributed by atoms with Gasteiger partial charge in [0.2, 0.25) is 0 Å². The van der Waals surface area contributed by atoms with E-state index in [1.807, 2.05) is 0 Å². The maximum absolute atomic E-state index is 10.4. The number of benzene rings is 1. The van der Waals surface area contributed by atoms with Gasteiger partial charge in [0.25, 0.3) is 0 Å². The third-order valence-electron chi connectivity index (χ3n) is 4.40. The Morgan fingerprint density at radius 2 is 1.75 bits per heavy atom. The lowest BCUT2D eigenvalue weighted by atomic mass is 9.84. The minimum atomic E-state index is 0.410. The van der Waals surface area contributed by atoms with E-state index in [9.17, 15) is 4.79 Å². The minimum absolute atomic E-state index is 0.410. The van der Waals surface area contributed by atoms with Crippen molar-refractivity contribution < 1.29 is 9.53 Å². The van der Waals surface area contributed by atoms with Gasteiger partial charge in [-0.1, -0.05) is 31.2 Å². The number of hydrogen-bond acceptors (Lipinski definition) is 2. The zero-order chi connectivity index (χ0) is 14.2. The van der Waals surface area contributed by atoms with Crippen molar-refractivity contribution >= 4 is 6.29 Å². The van der Waals surface area contributed by atoms with Crippen LogP contribution < -0.4 is 0 Å². The van der Waals surface area contributed by atoms with Gasteiger partial charge in [-0.25, -0.2) is 0 Å². The maximum Gasteiger partial charge on any atom is 0.120 e. The first kappa shape index (κ1) is 15.2. The van der Waals surface area contributed by atoms with E-state index >= 15 is 0 Å². The largest absolute Gasteiger partial charge is 0.374 e. The standard InChI is InChI=1S/C18H26O2/c1-2-15-5-7-17(8-6-15)14-20-18-11-9-16(10-12-18)4-3-13-19/h5-8,13,16,18H,2-4,9-12,14H2,1H3/t16-,18-. The highest BCUT2D eigenvalue weighted by Crippen LogP contribution is 2.29. The molecule has 1 saturated carbocycles. The van der Waals surface area contributed by atoms with Crippen LogP contribution in [0.1, 0.15) is 56.6 Å². The summed E-state index contributed by atoms with van der Waals surface area (Å²) < 4.78 is 6.03. The van der Waals surface area contributed by atoms with Gasteiger partial charge in [-0.15, -0.1) is 0 Å². The Hall–Kier alpha value is -1.15. The molecule has 0 N–H and O–H groups in total. The van der Waals surface area contributed by atoms with Gasteiger partial charge in [0.05, 0.1) is 12.7 Å². The van der Waals surface area contributed by atoms with E-state index < -0.39 is 0 Å². The third kappa shape index (κ3) is 4.75. The second-order valence-electron chi connectivity index (χ2n) is 5.87. The van der Waals surface area contributed by atoms with Crippen LogP contribution >= 0.6 is 0 Å². The summed E-state index contributed by atoms with van der Waals surface area (Å²) in [5.41, 5.74) is 2.65. The Morgan fingerprint density at radius 1 is 1.10 bits per heavy atom. The third-order valence-corrected chi connectivity index (χ3v) is 4.40. The summed E-state index contributed by atoms with van der Waals surface area (Å²) in [6.07, 6.45) is 9.06. The predicted molar refractivity (Wildman–Crippen MR) is 81.7 cm³/mol. The molecule has 2 heteroatoms. The van der Waals surface area contributed by atoms with Crippen molar-refractivity contribution in [1.82, 2.24) is 0 Å². The van der Waals surface area contributed by atoms with Gasteiger partial charge in [0.1, 0.15) is 6.29 Å². The van der Waals surface area contributed by atoms with Crippen LogP contribution in [0, 0.1) is 5.92 Å². The summed E-state index contributed by atoms with van der Waals surface area (Å²) in [7, 11) is 0. The van der Waals surface area contributed by atoms with Crippen LogP contribution in [0.2, 0.25) is 0 Å². The smallest absolute Gasteiger partial charge is 0.120 e. The zero-order valence-corrected chi connectivity index (χ0v) is 12.5. The van der Waals surface area contributed by atoms with Crippen LogP contribution in [0.15, 0.2) is 24.3 Å². The molecule has 0 spiro atoms. The Labute approximate surface area is 122 Å². The lowest BCUT2D eigenvalue weighted by Crippen LogP contribution is -2.21. The van der Waals surface area contributed by atoms with E-state index in [1.165, 1.54) is 24.0 Å². The Balaban J connectivity index is 1.68. The second-order valence-corrected chi connectivity index (χ2v) is 5.87. The van der Waals surface area contributed by atoms with E-state index in [-0.39, 0.29) is 0 Å². The molecule has 0 unspecified atom stereocenters. The molecule has 0 saturated heterocycles. The minimum Gasteiger partial charge on any atom is -0.374 e. The van der Waals surface area contributed by atoms with Crippen LogP contribution in [-0.4, -0.2) is 12.4 Å². The normalized spacial score (nSPS) is 22.6. The maximum atomic E-state index is 10.4. The Bertz CT molecular complexity index is 388. The molecule has 0 aliphatic heterocycles. The van der Waals surface area contributed by atoms with Crippen LogP contribution in [0.25, 0.3) is 0 Å². The zero-order valence-electron chi connectivity index (χ0n) is 12.5. The summed E-state index contributed by atoms with van der Waals surface area (Å²) in [4.78, 5) is 10.4. The van der Waals surface area contributed by atoms with Crippen molar-refractivity contribution in [2.75, 3.05) is 0 Å². The lowest BCUT2D eigenvalue weighted by Gasteiger charge is -2.28. The van der Waals surface area contributed by atoms with Crippen LogP contribution in [0.3, 0.4) is 0 Å². The molecular formula is C18H26O2. The molecule has 2 rings (SSSR count). The van der Waals surface area contributed by atoms with Gasteiger partial charge in [-0.05, 0) is 55.6 Å². The highest BCUT2D eigenvalue weighted by molar-refractivity contribution is 5.49. The van der Waals surface area contributed by atoms with Gasteiger partial charge >= 0.3 is 0 Å². The fourth-order valence-electron chi connectivity index (χ4n) is 2.98. The molecule has 0 aromatic heterocycles. The fraction of sp³-hybridized carbons (Fsp3) is 0.611. The van der Waals surface area contributed by atoms with E-state index in [0.29, 0.717) is 6.10 Å². The molecule has 1 aromatic rings. The summed E-state index contributed by atoms with van der Waals surface area (Å²) >= 11 is 0. The van der Waals surface area contributed by atoms with Crippen molar-refractivity contribution in [3.63, 3.8) is 0 Å². The van der Waals surface area contributed by atoms with Crippen LogP contribution in [-0.2, 0) is 22.6 Å². The molecule has 1 aliphatic carbocycles. The number of aldehydes is 1. The highest BCUT2D eigenvalue weighted by atomic mass is 16.5. The number of ether oxygens (including phenoxy) is 1. The first-order valence-corrected chi connectivity index (χ1v) is 7.95. The monoisotopic (exact) mass is 274 g/mol. The summed E-state index contributed by atoms with van der Waals surface area (Å²) in [5, 5.41) is 0. The summed E-state index contributed by atoms with van der Waals surface area (Å²) in [6.45, 7) is 2.90. The van der Waals surface area contributed by atoms with Crippen molar-refractivity contribution in [3.8, 4) is 0 Å². The molecule has 110 valence electrons. The molecular weight excluding hydrogens is 248 g/mol. The first-order valence-electron chi connectivity index (χ1n) is 7.95. The molecule has 1 aromatic carbocycles. The molecule has 0 radical (unpaired) electrons. The van der Waals surface area contributed by atoms with Gasteiger partial charge in [0, 0.05) is 6.42 Å². The second kappa shape index (κ2) is 8.21. The van der Waals surface area contributed by atoms with Gasteiger partial charge < -0.3 is 9.53 Å². The van der Waals surface area contributed by atoms with E-state index in [4.69, 9.17) is 4.74 Å². The van der Waals surface area contributed by atoms with Crippen LogP contribution in [0.5, 0.6) is 0 Å². The number of aryl methyl sites for hydroxylation is 1. The average molecular weight is 274 g/mol. The van der Waals surface area contributed by atoms with Gasteiger partial charge in [-0.2, -0.15) is 0 Å². The van der Waals surface area contributed by atoms with Crippen molar-refractivity contribution in [1.29, 1.82) is 0 Å². The highest BCUT2D eigenvalue weighted by Gasteiger charge is 2.21. The van der Waals surface area contributed by atoms with Gasteiger partial charge in [0.15, 0.2) is 0 Å². The summed E-state index contributed by atoms with van der Waals surface area (Å²) in [6, 6.07) is 8.73. The fourth-order valence-corrected chi connectivity index (χ4v) is 2.98. The molecule has 0 bridgehead atoms. The Morgan fingerprint density at radius 3 is 2.35 bits per heavy atom. The van der Waals surface area contributed by atoms with Crippen LogP contribution in [0.4, 0.5) is 0 Å². The Kier molecular flexibility index (Phi) is 6.25. The number of hydrogen-bond donors (Lipinski definition) is 0. The molecule has 0 amide bonds. The molecule has 2 nitrogen and oxygen atoms in total. The molecule has 1 fully saturated rings. The first-order chi connectivity index (χ1) is 9.81. The topological polar surface area (TPSA) is 26.3 Å². The molecule has 20 heavy (non-hydrogen) atoms. The quantitative estimate of drug-likeness (QED) is 0.693. The number of rotatable bonds is 7. The molecule has 0 heterocycles. The SMILES string of the molecule is CCc1ccc(CO[C@H]2CC[C@H](CCC=O)CC2)cc1. The summed E-state index contributed by atoms with van der Waals surface area (Å²) in [5.74, 6) is 0.740. The van der Waals surface area contributed by atoms with Gasteiger partial charge in [-0.3, -0.25) is 0 Å². The average Bonchev–Trinajstić information content (AvgIpc) is 2.52. The van der Waals surface area contributed by atoms with Crippen molar-refractivity contribution in [2.45, 2.75) is 64.6 Å². The lowest BCUT2D eigenvalue weighted by molar-refractivity contribution is -0.108. The number of carbonyl (C=O) groups excluding carboxylic acids is 1. The number of carbonyl (C=O) groups is 1. The van der Waals surface area contributed by atoms with Crippen molar-refractivity contribution in [2.24, 2.45) is 5.92 Å². The van der Waals surface area contributed by atoms with E-state index in [2.05, 4.69) is 31.2 Å². The van der Waals surface area contributed by atoms with E-state index in [1.54, 1.807) is 0 Å². The molecule has 1 aliphatic rings. The van der Waals surface area contributed by atoms with Crippen molar-refractivity contribution in [3.05, 3.63) is 35.4 Å². The van der Waals surface area contributed by atoms with E-state index in [0.717, 1.165) is 50.9 Å².